The molecule has 1 saturated carbocycles. The van der Waals surface area contributed by atoms with Gasteiger partial charge in [-0.3, -0.25) is 0 Å². The van der Waals surface area contributed by atoms with Gasteiger partial charge in [-0.2, -0.15) is 0 Å². The van der Waals surface area contributed by atoms with E-state index in [1.54, 1.807) is 0 Å². The number of likely N-dealkylation sites (N-methyl/N-ethyl adjacent to an activating group) is 1. The molecule has 1 heterocycles. The van der Waals surface area contributed by atoms with E-state index in [0.717, 1.165) is 19.0 Å². The van der Waals surface area contributed by atoms with Crippen molar-refractivity contribution in [2.24, 2.45) is 5.92 Å². The minimum Gasteiger partial charge on any atom is -0.336 e. The molecule has 0 bridgehead atoms. The van der Waals surface area contributed by atoms with Crippen LogP contribution in [0.15, 0.2) is 18.7 Å². The molecular formula is C12H21N3. The molecule has 1 aromatic rings. The van der Waals surface area contributed by atoms with E-state index in [0.29, 0.717) is 6.04 Å². The van der Waals surface area contributed by atoms with Crippen molar-refractivity contribution >= 4 is 0 Å². The van der Waals surface area contributed by atoms with E-state index in [1.165, 1.54) is 25.7 Å². The first-order valence-electron chi connectivity index (χ1n) is 6.09. The third-order valence-electron chi connectivity index (χ3n) is 3.40. The summed E-state index contributed by atoms with van der Waals surface area (Å²) < 4.78 is 2.19. The fourth-order valence-electron chi connectivity index (χ4n) is 2.62. The van der Waals surface area contributed by atoms with Crippen molar-refractivity contribution in [3.8, 4) is 0 Å². The lowest BCUT2D eigenvalue weighted by atomic mass is 9.98. The largest absolute Gasteiger partial charge is 0.336 e. The van der Waals surface area contributed by atoms with Crippen LogP contribution in [0.2, 0.25) is 0 Å². The lowest BCUT2D eigenvalue weighted by Gasteiger charge is -2.24. The van der Waals surface area contributed by atoms with Crippen molar-refractivity contribution < 1.29 is 0 Å². The van der Waals surface area contributed by atoms with Gasteiger partial charge in [-0.25, -0.2) is 4.98 Å². The van der Waals surface area contributed by atoms with Crippen LogP contribution in [0, 0.1) is 5.92 Å². The molecule has 1 aromatic heterocycles. The third kappa shape index (κ3) is 2.81. The predicted octanol–water partition coefficient (Wildman–Crippen LogP) is 2.05. The second-order valence-corrected chi connectivity index (χ2v) is 4.47. The van der Waals surface area contributed by atoms with Gasteiger partial charge in [0.25, 0.3) is 0 Å². The van der Waals surface area contributed by atoms with Crippen LogP contribution in [0.4, 0.5) is 0 Å². The van der Waals surface area contributed by atoms with E-state index in [-0.39, 0.29) is 0 Å². The number of hydrogen-bond acceptors (Lipinski definition) is 2. The molecule has 0 radical (unpaired) electrons. The number of nitrogens with zero attached hydrogens (tertiary/aromatic N) is 2. The van der Waals surface area contributed by atoms with Crippen molar-refractivity contribution in [1.29, 1.82) is 0 Å². The smallest absolute Gasteiger partial charge is 0.0946 e. The molecule has 1 aliphatic rings. The van der Waals surface area contributed by atoms with E-state index in [1.807, 2.05) is 12.5 Å². The second-order valence-electron chi connectivity index (χ2n) is 4.47. The number of imidazole rings is 1. The van der Waals surface area contributed by atoms with Gasteiger partial charge in [-0.1, -0.05) is 19.8 Å². The van der Waals surface area contributed by atoms with Crippen LogP contribution < -0.4 is 5.32 Å². The molecule has 1 fully saturated rings. The normalized spacial score (nSPS) is 19.5. The molecule has 3 heteroatoms. The molecule has 3 nitrogen and oxygen atoms in total. The zero-order valence-corrected chi connectivity index (χ0v) is 9.52. The summed E-state index contributed by atoms with van der Waals surface area (Å²) in [5.74, 6) is 0.868. The molecule has 1 atom stereocenters. The van der Waals surface area contributed by atoms with Crippen molar-refractivity contribution in [2.75, 3.05) is 6.54 Å². The highest BCUT2D eigenvalue weighted by Gasteiger charge is 2.24. The van der Waals surface area contributed by atoms with E-state index in [9.17, 15) is 0 Å². The minimum atomic E-state index is 0.631. The third-order valence-corrected chi connectivity index (χ3v) is 3.40. The second kappa shape index (κ2) is 5.31. The van der Waals surface area contributed by atoms with E-state index in [4.69, 9.17) is 0 Å². The summed E-state index contributed by atoms with van der Waals surface area (Å²) in [5, 5.41) is 3.61. The maximum Gasteiger partial charge on any atom is 0.0946 e. The van der Waals surface area contributed by atoms with Gasteiger partial charge in [0.05, 0.1) is 6.33 Å². The molecule has 1 aliphatic carbocycles. The van der Waals surface area contributed by atoms with Crippen molar-refractivity contribution in [3.05, 3.63) is 18.7 Å². The summed E-state index contributed by atoms with van der Waals surface area (Å²) in [6, 6.07) is 0.631. The van der Waals surface area contributed by atoms with E-state index < -0.39 is 0 Å². The van der Waals surface area contributed by atoms with Gasteiger partial charge in [-0.05, 0) is 25.3 Å². The summed E-state index contributed by atoms with van der Waals surface area (Å²) in [4.78, 5) is 4.10. The molecule has 0 amide bonds. The standard InChI is InChI=1S/C12H21N3/c1-2-14-12(11-5-3-4-6-11)9-15-8-7-13-10-15/h7-8,10-12,14H,2-6,9H2,1H3. The van der Waals surface area contributed by atoms with Crippen LogP contribution in [-0.4, -0.2) is 22.1 Å². The highest BCUT2D eigenvalue weighted by Crippen LogP contribution is 2.28. The van der Waals surface area contributed by atoms with Gasteiger partial charge in [0.15, 0.2) is 0 Å². The molecule has 15 heavy (non-hydrogen) atoms. The van der Waals surface area contributed by atoms with Gasteiger partial charge in [0.1, 0.15) is 0 Å². The van der Waals surface area contributed by atoms with Crippen LogP contribution in [0.3, 0.4) is 0 Å². The summed E-state index contributed by atoms with van der Waals surface area (Å²) in [6.07, 6.45) is 11.4. The van der Waals surface area contributed by atoms with Crippen molar-refractivity contribution in [2.45, 2.75) is 45.2 Å². The molecule has 0 spiro atoms. The molecule has 84 valence electrons. The maximum atomic E-state index is 4.10. The molecular weight excluding hydrogens is 186 g/mol. The molecule has 0 aromatic carbocycles. The Morgan fingerprint density at radius 1 is 1.47 bits per heavy atom. The van der Waals surface area contributed by atoms with Gasteiger partial charge < -0.3 is 9.88 Å². The Labute approximate surface area is 91.9 Å². The Balaban J connectivity index is 1.93. The Hall–Kier alpha value is -0.830. The van der Waals surface area contributed by atoms with Crippen molar-refractivity contribution in [3.63, 3.8) is 0 Å². The first-order chi connectivity index (χ1) is 7.40. The topological polar surface area (TPSA) is 29.9 Å². The van der Waals surface area contributed by atoms with Crippen LogP contribution >= 0.6 is 0 Å². The summed E-state index contributed by atoms with van der Waals surface area (Å²) >= 11 is 0. The SMILES string of the molecule is CCNC(Cn1ccnc1)C1CCCC1. The average molecular weight is 207 g/mol. The number of aromatic nitrogens is 2. The first kappa shape index (κ1) is 10.7. The summed E-state index contributed by atoms with van der Waals surface area (Å²) in [6.45, 7) is 4.32. The fourth-order valence-corrected chi connectivity index (χ4v) is 2.62. The van der Waals surface area contributed by atoms with Crippen LogP contribution in [0.5, 0.6) is 0 Å². The van der Waals surface area contributed by atoms with Crippen molar-refractivity contribution in [1.82, 2.24) is 14.9 Å². The van der Waals surface area contributed by atoms with E-state index in [2.05, 4.69) is 28.0 Å². The molecule has 1 unspecified atom stereocenters. The highest BCUT2D eigenvalue weighted by atomic mass is 15.1. The monoisotopic (exact) mass is 207 g/mol. The highest BCUT2D eigenvalue weighted by molar-refractivity contribution is 4.83. The number of hydrogen-bond donors (Lipinski definition) is 1. The Morgan fingerprint density at radius 3 is 2.87 bits per heavy atom. The Bertz CT molecular complexity index is 262. The lowest BCUT2D eigenvalue weighted by molar-refractivity contribution is 0.327. The maximum absolute atomic E-state index is 4.10. The Kier molecular flexibility index (Phi) is 3.78. The van der Waals surface area contributed by atoms with Crippen LogP contribution in [-0.2, 0) is 6.54 Å². The zero-order valence-electron chi connectivity index (χ0n) is 9.52. The number of rotatable bonds is 5. The van der Waals surface area contributed by atoms with Crippen LogP contribution in [0.25, 0.3) is 0 Å². The van der Waals surface area contributed by atoms with Gasteiger partial charge >= 0.3 is 0 Å². The zero-order chi connectivity index (χ0) is 10.5. The quantitative estimate of drug-likeness (QED) is 0.801. The van der Waals surface area contributed by atoms with Gasteiger partial charge in [-0.15, -0.1) is 0 Å². The van der Waals surface area contributed by atoms with Crippen LogP contribution in [0.1, 0.15) is 32.6 Å². The number of nitrogens with one attached hydrogen (secondary N) is 1. The summed E-state index contributed by atoms with van der Waals surface area (Å²) in [5.41, 5.74) is 0. The molecule has 0 aliphatic heterocycles. The molecule has 1 N–H and O–H groups in total. The summed E-state index contributed by atoms with van der Waals surface area (Å²) in [7, 11) is 0. The van der Waals surface area contributed by atoms with Gasteiger partial charge in [0.2, 0.25) is 0 Å². The molecule has 2 rings (SSSR count). The van der Waals surface area contributed by atoms with E-state index >= 15 is 0 Å². The predicted molar refractivity (Wildman–Crippen MR) is 61.6 cm³/mol. The minimum absolute atomic E-state index is 0.631. The Morgan fingerprint density at radius 2 is 2.27 bits per heavy atom. The lowest BCUT2D eigenvalue weighted by Crippen LogP contribution is -2.38. The fraction of sp³-hybridized carbons (Fsp3) is 0.750. The first-order valence-corrected chi connectivity index (χ1v) is 6.09. The van der Waals surface area contributed by atoms with Gasteiger partial charge in [0, 0.05) is 25.0 Å². The average Bonchev–Trinajstić information content (AvgIpc) is 2.89. The molecule has 0 saturated heterocycles.